The minimum absolute atomic E-state index is 0.0123. The molecule has 5 nitrogen and oxygen atoms in total. The minimum atomic E-state index is -0.178. The lowest BCUT2D eigenvalue weighted by Crippen LogP contribution is -2.45. The molecule has 3 aromatic rings. The number of halogens is 2. The molecule has 8 heteroatoms. The SMILES string of the molecule is Cn1ncc(Br)c1-c1ccc(C(=O)NC2CCCNC2)s1.Fc1ccccc1. The summed E-state index contributed by atoms with van der Waals surface area (Å²) in [5.41, 5.74) is 0.999. The molecule has 0 saturated carbocycles. The van der Waals surface area contributed by atoms with Gasteiger partial charge in [0, 0.05) is 19.6 Å². The molecule has 1 aliphatic rings. The number of piperidine rings is 1. The van der Waals surface area contributed by atoms with Crippen molar-refractivity contribution < 1.29 is 9.18 Å². The zero-order valence-corrected chi connectivity index (χ0v) is 17.9. The van der Waals surface area contributed by atoms with Gasteiger partial charge >= 0.3 is 0 Å². The lowest BCUT2D eigenvalue weighted by Gasteiger charge is -2.23. The third-order valence-electron chi connectivity index (χ3n) is 4.32. The number of carbonyl (C=O) groups is 1. The lowest BCUT2D eigenvalue weighted by molar-refractivity contribution is 0.0935. The quantitative estimate of drug-likeness (QED) is 0.609. The van der Waals surface area contributed by atoms with Crippen LogP contribution in [-0.2, 0) is 7.05 Å². The van der Waals surface area contributed by atoms with E-state index in [1.807, 2.05) is 23.9 Å². The maximum atomic E-state index is 12.3. The third-order valence-corrected chi connectivity index (χ3v) is 5.99. The van der Waals surface area contributed by atoms with Crippen molar-refractivity contribution in [3.05, 3.63) is 63.8 Å². The fourth-order valence-corrected chi connectivity index (χ4v) is 4.61. The highest BCUT2D eigenvalue weighted by molar-refractivity contribution is 9.10. The van der Waals surface area contributed by atoms with Gasteiger partial charge in [-0.2, -0.15) is 5.10 Å². The zero-order valence-electron chi connectivity index (χ0n) is 15.5. The first-order chi connectivity index (χ1) is 13.5. The predicted octanol–water partition coefficient (Wildman–Crippen LogP) is 4.22. The number of hydrogen-bond donors (Lipinski definition) is 2. The largest absolute Gasteiger partial charge is 0.347 e. The molecule has 0 aliphatic carbocycles. The summed E-state index contributed by atoms with van der Waals surface area (Å²) in [6, 6.07) is 12.0. The standard InChI is InChI=1S/C14H17BrN4OS.C6H5F/c1-19-13(10(15)8-17-19)11-4-5-12(21-11)14(20)18-9-3-2-6-16-7-9;7-6-4-2-1-3-5-6/h4-5,8-9,16H,2-3,6-7H2,1H3,(H,18,20);1-5H. The predicted molar refractivity (Wildman–Crippen MR) is 114 cm³/mol. The van der Waals surface area contributed by atoms with Crippen molar-refractivity contribution in [3.8, 4) is 10.6 Å². The van der Waals surface area contributed by atoms with Gasteiger partial charge in [-0.25, -0.2) is 4.39 Å². The van der Waals surface area contributed by atoms with Crippen LogP contribution in [0.2, 0.25) is 0 Å². The van der Waals surface area contributed by atoms with Crippen LogP contribution in [-0.4, -0.2) is 34.8 Å². The molecule has 148 valence electrons. The monoisotopic (exact) mass is 464 g/mol. The van der Waals surface area contributed by atoms with E-state index in [0.717, 1.165) is 45.9 Å². The number of thiophene rings is 1. The Bertz CT molecular complexity index is 887. The summed E-state index contributed by atoms with van der Waals surface area (Å²) < 4.78 is 14.7. The average Bonchev–Trinajstić information content (AvgIpc) is 3.30. The fourth-order valence-electron chi connectivity index (χ4n) is 2.92. The normalized spacial score (nSPS) is 16.2. The highest BCUT2D eigenvalue weighted by Gasteiger charge is 2.19. The molecule has 4 rings (SSSR count). The molecule has 1 saturated heterocycles. The number of amides is 1. The highest BCUT2D eigenvalue weighted by Crippen LogP contribution is 2.33. The second-order valence-corrected chi connectivity index (χ2v) is 8.38. The Balaban J connectivity index is 0.000000271. The summed E-state index contributed by atoms with van der Waals surface area (Å²) >= 11 is 4.99. The Morgan fingerprint density at radius 2 is 2.11 bits per heavy atom. The van der Waals surface area contributed by atoms with Crippen molar-refractivity contribution >= 4 is 33.2 Å². The molecule has 1 fully saturated rings. The summed E-state index contributed by atoms with van der Waals surface area (Å²) in [5, 5.41) is 10.6. The maximum Gasteiger partial charge on any atom is 0.261 e. The van der Waals surface area contributed by atoms with Gasteiger partial charge in [0.15, 0.2) is 0 Å². The van der Waals surface area contributed by atoms with E-state index < -0.39 is 0 Å². The smallest absolute Gasteiger partial charge is 0.261 e. The molecule has 1 aliphatic heterocycles. The van der Waals surface area contributed by atoms with Gasteiger partial charge in [-0.1, -0.05) is 18.2 Å². The number of hydrogen-bond acceptors (Lipinski definition) is 4. The van der Waals surface area contributed by atoms with Crippen LogP contribution in [0.4, 0.5) is 4.39 Å². The van der Waals surface area contributed by atoms with Gasteiger partial charge in [0.05, 0.1) is 26.1 Å². The molecule has 1 atom stereocenters. The van der Waals surface area contributed by atoms with Crippen LogP contribution in [0, 0.1) is 5.82 Å². The van der Waals surface area contributed by atoms with Crippen LogP contribution in [0.15, 0.2) is 53.1 Å². The molecule has 0 bridgehead atoms. The van der Waals surface area contributed by atoms with E-state index in [4.69, 9.17) is 0 Å². The second kappa shape index (κ2) is 9.95. The number of carbonyl (C=O) groups excluding carboxylic acids is 1. The first kappa shape index (κ1) is 20.7. The highest BCUT2D eigenvalue weighted by atomic mass is 79.9. The summed E-state index contributed by atoms with van der Waals surface area (Å²) in [4.78, 5) is 14.1. The summed E-state index contributed by atoms with van der Waals surface area (Å²) in [6.07, 6.45) is 3.93. The first-order valence-corrected chi connectivity index (χ1v) is 10.7. The van der Waals surface area contributed by atoms with Gasteiger partial charge in [0.1, 0.15) is 5.82 Å². The lowest BCUT2D eigenvalue weighted by atomic mass is 10.1. The van der Waals surface area contributed by atoms with Crippen LogP contribution >= 0.6 is 27.3 Å². The summed E-state index contributed by atoms with van der Waals surface area (Å²) in [6.45, 7) is 1.90. The van der Waals surface area contributed by atoms with E-state index in [1.54, 1.807) is 24.4 Å². The Kier molecular flexibility index (Phi) is 7.36. The van der Waals surface area contributed by atoms with Crippen LogP contribution in [0.25, 0.3) is 10.6 Å². The zero-order chi connectivity index (χ0) is 19.9. The molecular formula is C20H22BrFN4OS. The number of aryl methyl sites for hydroxylation is 1. The van der Waals surface area contributed by atoms with Gasteiger partial charge in [0.2, 0.25) is 0 Å². The number of nitrogens with one attached hydrogen (secondary N) is 2. The number of rotatable bonds is 3. The molecule has 1 amide bonds. The Morgan fingerprint density at radius 3 is 2.68 bits per heavy atom. The molecule has 2 N–H and O–H groups in total. The van der Waals surface area contributed by atoms with Crippen molar-refractivity contribution in [1.29, 1.82) is 0 Å². The topological polar surface area (TPSA) is 59.0 Å². The van der Waals surface area contributed by atoms with Crippen LogP contribution in [0.3, 0.4) is 0 Å². The number of aromatic nitrogens is 2. The number of benzene rings is 1. The fraction of sp³-hybridized carbons (Fsp3) is 0.300. The van der Waals surface area contributed by atoms with E-state index in [0.29, 0.717) is 0 Å². The second-order valence-electron chi connectivity index (χ2n) is 6.44. The van der Waals surface area contributed by atoms with Crippen LogP contribution in [0.5, 0.6) is 0 Å². The minimum Gasteiger partial charge on any atom is -0.347 e. The van der Waals surface area contributed by atoms with Crippen molar-refractivity contribution in [2.75, 3.05) is 13.1 Å². The summed E-state index contributed by atoms with van der Waals surface area (Å²) in [7, 11) is 1.90. The molecule has 1 unspecified atom stereocenters. The van der Waals surface area contributed by atoms with Crippen LogP contribution < -0.4 is 10.6 Å². The van der Waals surface area contributed by atoms with Crippen molar-refractivity contribution in [2.24, 2.45) is 7.05 Å². The van der Waals surface area contributed by atoms with Crippen molar-refractivity contribution in [2.45, 2.75) is 18.9 Å². The third kappa shape index (κ3) is 5.50. The Hall–Kier alpha value is -2.03. The maximum absolute atomic E-state index is 12.3. The van der Waals surface area contributed by atoms with Gasteiger partial charge in [0.25, 0.3) is 5.91 Å². The first-order valence-electron chi connectivity index (χ1n) is 9.04. The van der Waals surface area contributed by atoms with E-state index in [9.17, 15) is 9.18 Å². The van der Waals surface area contributed by atoms with Crippen molar-refractivity contribution in [1.82, 2.24) is 20.4 Å². The molecule has 2 aromatic heterocycles. The molecule has 0 spiro atoms. The van der Waals surface area contributed by atoms with E-state index in [-0.39, 0.29) is 17.8 Å². The average molecular weight is 465 g/mol. The van der Waals surface area contributed by atoms with Gasteiger partial charge in [-0.3, -0.25) is 9.48 Å². The van der Waals surface area contributed by atoms with E-state index in [2.05, 4.69) is 31.7 Å². The van der Waals surface area contributed by atoms with Crippen LogP contribution in [0.1, 0.15) is 22.5 Å². The van der Waals surface area contributed by atoms with Crippen molar-refractivity contribution in [3.63, 3.8) is 0 Å². The Morgan fingerprint density at radius 1 is 1.32 bits per heavy atom. The van der Waals surface area contributed by atoms with Gasteiger partial charge in [-0.05, 0) is 59.6 Å². The molecular weight excluding hydrogens is 443 g/mol. The molecule has 0 radical (unpaired) electrons. The Labute approximate surface area is 176 Å². The van der Waals surface area contributed by atoms with Gasteiger partial charge < -0.3 is 10.6 Å². The molecule has 1 aromatic carbocycles. The molecule has 3 heterocycles. The van der Waals surface area contributed by atoms with E-state index in [1.165, 1.54) is 23.5 Å². The van der Waals surface area contributed by atoms with E-state index >= 15 is 0 Å². The summed E-state index contributed by atoms with van der Waals surface area (Å²) in [5.74, 6) is -0.166. The van der Waals surface area contributed by atoms with Gasteiger partial charge in [-0.15, -0.1) is 11.3 Å². The number of nitrogens with zero attached hydrogens (tertiary/aromatic N) is 2. The molecule has 28 heavy (non-hydrogen) atoms.